The molecule has 2 atom stereocenters. The molecular formula is C16H21NO3. The molecule has 1 fully saturated rings. The molecule has 4 heteroatoms. The second kappa shape index (κ2) is 5.54. The van der Waals surface area contributed by atoms with Crippen LogP contribution in [-0.4, -0.2) is 47.8 Å². The third kappa shape index (κ3) is 2.45. The van der Waals surface area contributed by atoms with Crippen molar-refractivity contribution in [3.05, 3.63) is 35.4 Å². The molecule has 4 nitrogen and oxygen atoms in total. The number of ether oxygens (including phenoxy) is 1. The fraction of sp³-hybridized carbons (Fsp3) is 0.562. The molecule has 1 N–H and O–H groups in total. The zero-order valence-electron chi connectivity index (χ0n) is 11.8. The molecule has 0 bridgehead atoms. The van der Waals surface area contributed by atoms with Crippen molar-refractivity contribution in [2.24, 2.45) is 5.92 Å². The van der Waals surface area contributed by atoms with Gasteiger partial charge in [0.15, 0.2) is 0 Å². The van der Waals surface area contributed by atoms with Gasteiger partial charge in [0.1, 0.15) is 0 Å². The molecule has 1 aliphatic heterocycles. The van der Waals surface area contributed by atoms with Crippen molar-refractivity contribution in [1.29, 1.82) is 0 Å². The molecule has 1 amide bonds. The monoisotopic (exact) mass is 275 g/mol. The number of rotatable bonds is 2. The lowest BCUT2D eigenvalue weighted by atomic mass is 10.0. The molecule has 2 unspecified atom stereocenters. The van der Waals surface area contributed by atoms with Gasteiger partial charge in [-0.1, -0.05) is 24.3 Å². The van der Waals surface area contributed by atoms with Crippen molar-refractivity contribution in [2.45, 2.75) is 31.9 Å². The summed E-state index contributed by atoms with van der Waals surface area (Å²) in [6, 6.07) is 8.38. The van der Waals surface area contributed by atoms with Crippen LogP contribution in [0.3, 0.4) is 0 Å². The Morgan fingerprint density at radius 1 is 1.35 bits per heavy atom. The highest BCUT2D eigenvalue weighted by Gasteiger charge is 2.35. The van der Waals surface area contributed by atoms with Gasteiger partial charge in [-0.15, -0.1) is 0 Å². The van der Waals surface area contributed by atoms with Crippen LogP contribution in [0, 0.1) is 5.92 Å². The average Bonchev–Trinajstić information content (AvgIpc) is 2.91. The Morgan fingerprint density at radius 2 is 2.00 bits per heavy atom. The maximum absolute atomic E-state index is 12.7. The Kier molecular flexibility index (Phi) is 3.76. The van der Waals surface area contributed by atoms with Crippen molar-refractivity contribution in [2.75, 3.05) is 19.8 Å². The van der Waals surface area contributed by atoms with Gasteiger partial charge in [0.2, 0.25) is 5.91 Å². The molecule has 1 aromatic carbocycles. The molecule has 3 rings (SSSR count). The number of benzene rings is 1. The number of morpholine rings is 1. The lowest BCUT2D eigenvalue weighted by molar-refractivity contribution is -0.150. The fourth-order valence-corrected chi connectivity index (χ4v) is 3.20. The van der Waals surface area contributed by atoms with E-state index in [0.29, 0.717) is 13.2 Å². The van der Waals surface area contributed by atoms with Crippen LogP contribution in [0.1, 0.15) is 18.1 Å². The summed E-state index contributed by atoms with van der Waals surface area (Å²) in [4.78, 5) is 14.6. The molecule has 1 aliphatic carbocycles. The second-order valence-corrected chi connectivity index (χ2v) is 5.85. The maximum atomic E-state index is 12.7. The van der Waals surface area contributed by atoms with E-state index in [1.165, 1.54) is 11.1 Å². The van der Waals surface area contributed by atoms with Crippen LogP contribution in [0.5, 0.6) is 0 Å². The van der Waals surface area contributed by atoms with Gasteiger partial charge in [-0.2, -0.15) is 0 Å². The Balaban J connectivity index is 1.70. The summed E-state index contributed by atoms with van der Waals surface area (Å²) in [5.41, 5.74) is 2.59. The first kappa shape index (κ1) is 13.6. The molecule has 2 aliphatic rings. The molecule has 20 heavy (non-hydrogen) atoms. The van der Waals surface area contributed by atoms with Gasteiger partial charge in [0, 0.05) is 12.5 Å². The highest BCUT2D eigenvalue weighted by Crippen LogP contribution is 2.29. The molecule has 0 spiro atoms. The number of carbonyl (C=O) groups excluding carboxylic acids is 1. The summed E-state index contributed by atoms with van der Waals surface area (Å²) in [6.45, 7) is 3.00. The van der Waals surface area contributed by atoms with Gasteiger partial charge in [0.05, 0.1) is 25.4 Å². The van der Waals surface area contributed by atoms with E-state index in [1.807, 2.05) is 24.0 Å². The first-order valence-electron chi connectivity index (χ1n) is 7.28. The molecule has 1 heterocycles. The van der Waals surface area contributed by atoms with Crippen LogP contribution in [-0.2, 0) is 22.4 Å². The Bertz CT molecular complexity index is 477. The van der Waals surface area contributed by atoms with Crippen LogP contribution < -0.4 is 0 Å². The molecule has 1 aromatic rings. The topological polar surface area (TPSA) is 49.8 Å². The van der Waals surface area contributed by atoms with E-state index in [9.17, 15) is 9.90 Å². The van der Waals surface area contributed by atoms with Crippen molar-refractivity contribution in [3.8, 4) is 0 Å². The summed E-state index contributed by atoms with van der Waals surface area (Å²) in [5.74, 6) is 0.253. The number of hydrogen-bond acceptors (Lipinski definition) is 3. The molecule has 0 aromatic heterocycles. The van der Waals surface area contributed by atoms with Crippen LogP contribution in [0.25, 0.3) is 0 Å². The third-order valence-electron chi connectivity index (χ3n) is 4.39. The highest BCUT2D eigenvalue weighted by molar-refractivity contribution is 5.81. The van der Waals surface area contributed by atoms with Gasteiger partial charge in [-0.05, 0) is 30.9 Å². The summed E-state index contributed by atoms with van der Waals surface area (Å²) in [6.07, 6.45) is 1.44. The number of aliphatic hydroxyl groups excluding tert-OH is 1. The molecule has 1 saturated heterocycles. The van der Waals surface area contributed by atoms with Crippen LogP contribution in [0.15, 0.2) is 24.3 Å². The zero-order valence-corrected chi connectivity index (χ0v) is 11.8. The number of amides is 1. The smallest absolute Gasteiger partial charge is 0.226 e. The highest BCUT2D eigenvalue weighted by atomic mass is 16.5. The minimum atomic E-state index is -0.237. The number of fused-ring (bicyclic) bond motifs is 1. The molecule has 108 valence electrons. The lowest BCUT2D eigenvalue weighted by Crippen LogP contribution is -2.53. The Labute approximate surface area is 119 Å². The van der Waals surface area contributed by atoms with Gasteiger partial charge in [0.25, 0.3) is 0 Å². The molecular weight excluding hydrogens is 254 g/mol. The van der Waals surface area contributed by atoms with E-state index in [0.717, 1.165) is 12.8 Å². The largest absolute Gasteiger partial charge is 0.394 e. The normalized spacial score (nSPS) is 26.6. The fourth-order valence-electron chi connectivity index (χ4n) is 3.20. The second-order valence-electron chi connectivity index (χ2n) is 5.85. The van der Waals surface area contributed by atoms with Crippen molar-refractivity contribution < 1.29 is 14.6 Å². The predicted octanol–water partition coefficient (Wildman–Crippen LogP) is 1.01. The van der Waals surface area contributed by atoms with Gasteiger partial charge in [-0.3, -0.25) is 4.79 Å². The summed E-state index contributed by atoms with van der Waals surface area (Å²) >= 11 is 0. The quantitative estimate of drug-likeness (QED) is 0.876. The van der Waals surface area contributed by atoms with E-state index in [2.05, 4.69) is 12.1 Å². The Morgan fingerprint density at radius 3 is 2.60 bits per heavy atom. The minimum absolute atomic E-state index is 0.0264. The number of aliphatic hydroxyl groups is 1. The van der Waals surface area contributed by atoms with Crippen LogP contribution in [0.2, 0.25) is 0 Å². The van der Waals surface area contributed by atoms with Gasteiger partial charge in [-0.25, -0.2) is 0 Å². The average molecular weight is 275 g/mol. The van der Waals surface area contributed by atoms with Gasteiger partial charge < -0.3 is 14.7 Å². The zero-order chi connectivity index (χ0) is 14.1. The first-order valence-corrected chi connectivity index (χ1v) is 7.28. The molecule has 0 radical (unpaired) electrons. The SMILES string of the molecule is CC1COC(CO)CN1C(=O)C1Cc2ccccc2C1. The van der Waals surface area contributed by atoms with E-state index in [1.54, 1.807) is 0 Å². The van der Waals surface area contributed by atoms with Crippen molar-refractivity contribution in [1.82, 2.24) is 4.90 Å². The van der Waals surface area contributed by atoms with E-state index >= 15 is 0 Å². The molecule has 0 saturated carbocycles. The van der Waals surface area contributed by atoms with Crippen molar-refractivity contribution >= 4 is 5.91 Å². The predicted molar refractivity (Wildman–Crippen MR) is 75.3 cm³/mol. The van der Waals surface area contributed by atoms with E-state index in [-0.39, 0.29) is 30.6 Å². The van der Waals surface area contributed by atoms with E-state index < -0.39 is 0 Å². The number of nitrogens with zero attached hydrogens (tertiary/aromatic N) is 1. The first-order chi connectivity index (χ1) is 9.69. The standard InChI is InChI=1S/C16H21NO3/c1-11-10-20-15(9-18)8-17(11)16(19)14-6-12-4-2-3-5-13(12)7-14/h2-5,11,14-15,18H,6-10H2,1H3. The summed E-state index contributed by atoms with van der Waals surface area (Å²) in [5, 5.41) is 9.22. The summed E-state index contributed by atoms with van der Waals surface area (Å²) < 4.78 is 5.50. The third-order valence-corrected chi connectivity index (χ3v) is 4.39. The van der Waals surface area contributed by atoms with Gasteiger partial charge >= 0.3 is 0 Å². The number of hydrogen-bond donors (Lipinski definition) is 1. The maximum Gasteiger partial charge on any atom is 0.226 e. The Hall–Kier alpha value is -1.39. The summed E-state index contributed by atoms with van der Waals surface area (Å²) in [7, 11) is 0. The number of carbonyl (C=O) groups is 1. The lowest BCUT2D eigenvalue weighted by Gasteiger charge is -2.38. The van der Waals surface area contributed by atoms with Crippen LogP contribution in [0.4, 0.5) is 0 Å². The van der Waals surface area contributed by atoms with E-state index in [4.69, 9.17) is 4.74 Å². The van der Waals surface area contributed by atoms with Crippen LogP contribution >= 0.6 is 0 Å². The minimum Gasteiger partial charge on any atom is -0.394 e. The van der Waals surface area contributed by atoms with Crippen molar-refractivity contribution in [3.63, 3.8) is 0 Å².